The van der Waals surface area contributed by atoms with Gasteiger partial charge in [0.1, 0.15) is 11.4 Å². The van der Waals surface area contributed by atoms with E-state index >= 15 is 0 Å². The van der Waals surface area contributed by atoms with E-state index in [4.69, 9.17) is 11.6 Å². The third-order valence-electron chi connectivity index (χ3n) is 4.86. The molecule has 1 fully saturated rings. The van der Waals surface area contributed by atoms with Crippen LogP contribution < -0.4 is 10.2 Å². The average Bonchev–Trinajstić information content (AvgIpc) is 2.98. The lowest BCUT2D eigenvalue weighted by molar-refractivity contribution is -0.385. The predicted octanol–water partition coefficient (Wildman–Crippen LogP) is 2.86. The normalized spacial score (nSPS) is 14.2. The maximum Gasteiger partial charge on any atom is 0.283 e. The molecule has 8 nitrogen and oxygen atoms in total. The summed E-state index contributed by atoms with van der Waals surface area (Å²) in [6.07, 6.45) is 0.715. The molecule has 30 heavy (non-hydrogen) atoms. The number of halogens is 2. The fourth-order valence-electron chi connectivity index (χ4n) is 3.32. The van der Waals surface area contributed by atoms with E-state index < -0.39 is 16.5 Å². The van der Waals surface area contributed by atoms with Crippen molar-refractivity contribution in [3.8, 4) is 0 Å². The molecule has 0 unspecified atom stereocenters. The minimum Gasteiger partial charge on any atom is -0.370 e. The molecule has 0 bridgehead atoms. The van der Waals surface area contributed by atoms with E-state index in [-0.39, 0.29) is 28.9 Å². The topological polar surface area (TPSA) is 95.8 Å². The monoisotopic (exact) mass is 434 g/mol. The fraction of sp³-hybridized carbons (Fsp3) is 0.300. The number of nitrogens with zero attached hydrogens (tertiary/aromatic N) is 3. The van der Waals surface area contributed by atoms with Gasteiger partial charge < -0.3 is 15.1 Å². The molecule has 0 atom stereocenters. The molecule has 2 amide bonds. The Morgan fingerprint density at radius 3 is 2.53 bits per heavy atom. The number of carbonyl (C=O) groups excluding carboxylic acids is 2. The first-order valence-electron chi connectivity index (χ1n) is 9.36. The lowest BCUT2D eigenvalue weighted by atomic mass is 10.1. The Labute approximate surface area is 177 Å². The van der Waals surface area contributed by atoms with Crippen molar-refractivity contribution in [2.45, 2.75) is 6.42 Å². The van der Waals surface area contributed by atoms with Gasteiger partial charge in [0.15, 0.2) is 0 Å². The van der Waals surface area contributed by atoms with Crippen LogP contribution in [0, 0.1) is 15.9 Å². The van der Waals surface area contributed by atoms with Crippen molar-refractivity contribution >= 4 is 34.8 Å². The zero-order chi connectivity index (χ0) is 21.7. The molecule has 0 aromatic heterocycles. The first kappa shape index (κ1) is 21.5. The number of rotatable bonds is 5. The number of nitro benzene ring substituents is 1. The molecule has 1 saturated heterocycles. The van der Waals surface area contributed by atoms with Crippen LogP contribution in [0.5, 0.6) is 0 Å². The number of anilines is 1. The first-order valence-corrected chi connectivity index (χ1v) is 9.74. The van der Waals surface area contributed by atoms with Crippen molar-refractivity contribution in [3.05, 3.63) is 69.0 Å². The van der Waals surface area contributed by atoms with Crippen LogP contribution in [0.4, 0.5) is 15.8 Å². The molecule has 1 N–H and O–H groups in total. The maximum absolute atomic E-state index is 13.1. The summed E-state index contributed by atoms with van der Waals surface area (Å²) in [6, 6.07) is 10.1. The highest BCUT2D eigenvalue weighted by Crippen LogP contribution is 2.26. The molecule has 158 valence electrons. The van der Waals surface area contributed by atoms with Gasteiger partial charge in [0.05, 0.1) is 16.5 Å². The summed E-state index contributed by atoms with van der Waals surface area (Å²) in [6.45, 7) is 1.95. The minimum absolute atomic E-state index is 0.0566. The van der Waals surface area contributed by atoms with Gasteiger partial charge in [-0.05, 0) is 36.8 Å². The standard InChI is InChI=1S/C20H20ClFN4O4/c21-16-3-1-4-17(26(29)30)19(16)20(28)23-13-18(27)25-10-2-9-24(11-12-25)15-7-5-14(22)6-8-15/h1,3-8H,2,9-13H2,(H,23,28). The highest BCUT2D eigenvalue weighted by molar-refractivity contribution is 6.34. The van der Waals surface area contributed by atoms with Crippen LogP contribution in [0.25, 0.3) is 0 Å². The van der Waals surface area contributed by atoms with Crippen LogP contribution in [-0.4, -0.2) is 54.4 Å². The molecular weight excluding hydrogens is 415 g/mol. The van der Waals surface area contributed by atoms with Crippen LogP contribution in [0.15, 0.2) is 42.5 Å². The number of amides is 2. The van der Waals surface area contributed by atoms with Crippen molar-refractivity contribution < 1.29 is 18.9 Å². The van der Waals surface area contributed by atoms with E-state index in [1.165, 1.54) is 30.3 Å². The van der Waals surface area contributed by atoms with Crippen LogP contribution in [0.2, 0.25) is 5.02 Å². The first-order chi connectivity index (χ1) is 14.4. The van der Waals surface area contributed by atoms with E-state index in [1.807, 2.05) is 0 Å². The molecule has 1 aliphatic heterocycles. The Bertz CT molecular complexity index is 954. The van der Waals surface area contributed by atoms with Crippen molar-refractivity contribution in [3.63, 3.8) is 0 Å². The third-order valence-corrected chi connectivity index (χ3v) is 5.17. The summed E-state index contributed by atoms with van der Waals surface area (Å²) < 4.78 is 13.1. The van der Waals surface area contributed by atoms with Crippen LogP contribution in [0.1, 0.15) is 16.8 Å². The van der Waals surface area contributed by atoms with Gasteiger partial charge in [-0.1, -0.05) is 17.7 Å². The van der Waals surface area contributed by atoms with E-state index in [0.717, 1.165) is 5.69 Å². The van der Waals surface area contributed by atoms with Gasteiger partial charge in [-0.2, -0.15) is 0 Å². The zero-order valence-corrected chi connectivity index (χ0v) is 16.8. The highest BCUT2D eigenvalue weighted by Gasteiger charge is 2.25. The van der Waals surface area contributed by atoms with Gasteiger partial charge in [0, 0.05) is 37.9 Å². The molecular formula is C20H20ClFN4O4. The summed E-state index contributed by atoms with van der Waals surface area (Å²) >= 11 is 5.95. The van der Waals surface area contributed by atoms with E-state index in [9.17, 15) is 24.1 Å². The predicted molar refractivity (Wildman–Crippen MR) is 110 cm³/mol. The molecule has 2 aromatic carbocycles. The Morgan fingerprint density at radius 2 is 1.83 bits per heavy atom. The lowest BCUT2D eigenvalue weighted by Gasteiger charge is -2.23. The smallest absolute Gasteiger partial charge is 0.283 e. The van der Waals surface area contributed by atoms with Crippen LogP contribution in [0.3, 0.4) is 0 Å². The maximum atomic E-state index is 13.1. The number of nitrogens with one attached hydrogen (secondary N) is 1. The summed E-state index contributed by atoms with van der Waals surface area (Å²) in [5.41, 5.74) is 0.192. The number of hydrogen-bond donors (Lipinski definition) is 1. The molecule has 2 aromatic rings. The Hall–Kier alpha value is -3.20. The summed E-state index contributed by atoms with van der Waals surface area (Å²) in [5, 5.41) is 13.5. The van der Waals surface area contributed by atoms with E-state index in [1.54, 1.807) is 17.0 Å². The van der Waals surface area contributed by atoms with Crippen molar-refractivity contribution in [2.24, 2.45) is 0 Å². The SMILES string of the molecule is O=C(NCC(=O)N1CCCN(c2ccc(F)cc2)CC1)c1c(Cl)cccc1[N+](=O)[O-]. The van der Waals surface area contributed by atoms with Crippen molar-refractivity contribution in [2.75, 3.05) is 37.6 Å². The van der Waals surface area contributed by atoms with Crippen LogP contribution in [-0.2, 0) is 4.79 Å². The molecule has 0 spiro atoms. The molecule has 0 radical (unpaired) electrons. The quantitative estimate of drug-likeness (QED) is 0.576. The Kier molecular flexibility index (Phi) is 6.83. The third kappa shape index (κ3) is 5.04. The summed E-state index contributed by atoms with van der Waals surface area (Å²) in [5.74, 6) is -1.37. The van der Waals surface area contributed by atoms with Gasteiger partial charge in [0.2, 0.25) is 5.91 Å². The second-order valence-electron chi connectivity index (χ2n) is 6.77. The molecule has 1 heterocycles. The van der Waals surface area contributed by atoms with E-state index in [0.29, 0.717) is 32.6 Å². The van der Waals surface area contributed by atoms with E-state index in [2.05, 4.69) is 10.2 Å². The number of nitro groups is 1. The molecule has 3 rings (SSSR count). The van der Waals surface area contributed by atoms with Gasteiger partial charge in [0.25, 0.3) is 11.6 Å². The molecule has 0 aliphatic carbocycles. The second-order valence-corrected chi connectivity index (χ2v) is 7.18. The fourth-order valence-corrected chi connectivity index (χ4v) is 3.58. The van der Waals surface area contributed by atoms with Gasteiger partial charge in [-0.15, -0.1) is 0 Å². The average molecular weight is 435 g/mol. The second kappa shape index (κ2) is 9.53. The zero-order valence-electron chi connectivity index (χ0n) is 16.0. The summed E-state index contributed by atoms with van der Waals surface area (Å²) in [4.78, 5) is 39.1. The Balaban J connectivity index is 1.58. The van der Waals surface area contributed by atoms with Crippen molar-refractivity contribution in [1.29, 1.82) is 0 Å². The largest absolute Gasteiger partial charge is 0.370 e. The molecule has 1 aliphatic rings. The van der Waals surface area contributed by atoms with Gasteiger partial charge >= 0.3 is 0 Å². The number of benzene rings is 2. The molecule has 0 saturated carbocycles. The summed E-state index contributed by atoms with van der Waals surface area (Å²) in [7, 11) is 0. The Morgan fingerprint density at radius 1 is 1.10 bits per heavy atom. The highest BCUT2D eigenvalue weighted by atomic mass is 35.5. The van der Waals surface area contributed by atoms with Crippen molar-refractivity contribution in [1.82, 2.24) is 10.2 Å². The number of carbonyl (C=O) groups is 2. The van der Waals surface area contributed by atoms with Gasteiger partial charge in [-0.25, -0.2) is 4.39 Å². The molecule has 10 heteroatoms. The minimum atomic E-state index is -0.775. The lowest BCUT2D eigenvalue weighted by Crippen LogP contribution is -2.42. The number of hydrogen-bond acceptors (Lipinski definition) is 5. The van der Waals surface area contributed by atoms with Gasteiger partial charge in [-0.3, -0.25) is 19.7 Å². The van der Waals surface area contributed by atoms with Crippen LogP contribution >= 0.6 is 11.6 Å².